The minimum atomic E-state index is 0.0202. The zero-order valence-electron chi connectivity index (χ0n) is 15.5. The van der Waals surface area contributed by atoms with E-state index in [2.05, 4.69) is 15.0 Å². The topological polar surface area (TPSA) is 72.6 Å². The highest BCUT2D eigenvalue weighted by Gasteiger charge is 2.37. The summed E-state index contributed by atoms with van der Waals surface area (Å²) in [5, 5.41) is 0.957. The maximum Gasteiger partial charge on any atom is 0.271 e. The summed E-state index contributed by atoms with van der Waals surface area (Å²) >= 11 is 1.43. The van der Waals surface area contributed by atoms with Crippen LogP contribution in [0, 0.1) is 0 Å². The third-order valence-corrected chi connectivity index (χ3v) is 6.63. The van der Waals surface area contributed by atoms with Crippen LogP contribution in [0.25, 0.3) is 20.4 Å². The van der Waals surface area contributed by atoms with Gasteiger partial charge >= 0.3 is 0 Å². The number of hydrogen-bond donors (Lipinski definition) is 0. The zero-order valence-corrected chi connectivity index (χ0v) is 16.4. The number of aromatic nitrogens is 3. The van der Waals surface area contributed by atoms with Crippen LogP contribution in [-0.4, -0.2) is 46.7 Å². The van der Waals surface area contributed by atoms with Crippen LogP contribution >= 0.6 is 11.3 Å². The first-order chi connectivity index (χ1) is 13.0. The van der Waals surface area contributed by atoms with Gasteiger partial charge in [0.05, 0.1) is 29.0 Å². The summed E-state index contributed by atoms with van der Waals surface area (Å²) in [5.41, 5.74) is 1.80. The van der Waals surface area contributed by atoms with Crippen LogP contribution < -0.4 is 10.5 Å². The van der Waals surface area contributed by atoms with Crippen LogP contribution in [0.1, 0.15) is 32.2 Å². The van der Waals surface area contributed by atoms with E-state index >= 15 is 0 Å². The number of pyridine rings is 1. The van der Waals surface area contributed by atoms with Crippen molar-refractivity contribution in [3.05, 3.63) is 28.9 Å². The molecule has 27 heavy (non-hydrogen) atoms. The van der Waals surface area contributed by atoms with Crippen molar-refractivity contribution in [2.75, 3.05) is 19.0 Å². The molecule has 3 aromatic heterocycles. The Labute approximate surface area is 160 Å². The predicted molar refractivity (Wildman–Crippen MR) is 108 cm³/mol. The van der Waals surface area contributed by atoms with E-state index in [1.54, 1.807) is 17.1 Å². The van der Waals surface area contributed by atoms with Gasteiger partial charge in [0, 0.05) is 39.7 Å². The number of hydrogen-bond acceptors (Lipinski definition) is 7. The number of aliphatic imine (C=N–C) groups is 1. The molecule has 0 radical (unpaired) electrons. The van der Waals surface area contributed by atoms with Crippen molar-refractivity contribution in [3.8, 4) is 0 Å². The van der Waals surface area contributed by atoms with Gasteiger partial charge in [-0.1, -0.05) is 0 Å². The lowest BCUT2D eigenvalue weighted by Gasteiger charge is -2.30. The highest BCUT2D eigenvalue weighted by molar-refractivity contribution is 7.25. The molecule has 0 amide bonds. The fourth-order valence-electron chi connectivity index (χ4n) is 4.28. The summed E-state index contributed by atoms with van der Waals surface area (Å²) in [6.45, 7) is 1.90. The van der Waals surface area contributed by atoms with Gasteiger partial charge in [0.25, 0.3) is 5.56 Å². The molecule has 1 aliphatic carbocycles. The van der Waals surface area contributed by atoms with Crippen LogP contribution in [-0.2, 0) is 4.74 Å². The molecule has 1 saturated carbocycles. The molecule has 0 saturated heterocycles. The molecule has 0 bridgehead atoms. The Morgan fingerprint density at radius 3 is 2.96 bits per heavy atom. The van der Waals surface area contributed by atoms with Crippen LogP contribution in [0.2, 0.25) is 0 Å². The highest BCUT2D eigenvalue weighted by Crippen LogP contribution is 2.37. The average molecular weight is 383 g/mol. The smallest absolute Gasteiger partial charge is 0.271 e. The zero-order chi connectivity index (χ0) is 18.7. The highest BCUT2D eigenvalue weighted by atomic mass is 32.1. The van der Waals surface area contributed by atoms with E-state index in [0.29, 0.717) is 4.70 Å². The molecule has 0 spiro atoms. The van der Waals surface area contributed by atoms with Gasteiger partial charge in [0.15, 0.2) is 5.90 Å². The van der Waals surface area contributed by atoms with Crippen molar-refractivity contribution in [1.82, 2.24) is 14.5 Å². The number of fused-ring (bicyclic) bond motifs is 4. The molecule has 7 nitrogen and oxygen atoms in total. The second-order valence-electron chi connectivity index (χ2n) is 7.48. The molecule has 8 heteroatoms. The van der Waals surface area contributed by atoms with E-state index < -0.39 is 0 Å². The van der Waals surface area contributed by atoms with E-state index in [1.165, 1.54) is 11.3 Å². The number of anilines is 1. The SMILES string of the molecule is CC1=NC2CCC(n3cnc4c(sc5nccc(N(C)C)c54)c3=O)CC2O1. The van der Waals surface area contributed by atoms with Crippen molar-refractivity contribution in [3.63, 3.8) is 0 Å². The van der Waals surface area contributed by atoms with E-state index in [1.807, 2.05) is 32.0 Å². The van der Waals surface area contributed by atoms with Gasteiger partial charge in [-0.25, -0.2) is 15.0 Å². The fraction of sp³-hybridized carbons (Fsp3) is 0.474. The van der Waals surface area contributed by atoms with Crippen LogP contribution in [0.15, 0.2) is 28.4 Å². The van der Waals surface area contributed by atoms with Gasteiger partial charge in [-0.3, -0.25) is 9.36 Å². The minimum Gasteiger partial charge on any atom is -0.476 e. The second kappa shape index (κ2) is 6.02. The van der Waals surface area contributed by atoms with Gasteiger partial charge in [-0.2, -0.15) is 0 Å². The quantitative estimate of drug-likeness (QED) is 0.680. The Morgan fingerprint density at radius 2 is 2.15 bits per heavy atom. The van der Waals surface area contributed by atoms with E-state index in [9.17, 15) is 4.79 Å². The van der Waals surface area contributed by atoms with E-state index in [4.69, 9.17) is 4.74 Å². The van der Waals surface area contributed by atoms with Crippen molar-refractivity contribution in [2.45, 2.75) is 44.4 Å². The number of rotatable bonds is 2. The summed E-state index contributed by atoms with van der Waals surface area (Å²) < 4.78 is 8.30. The lowest BCUT2D eigenvalue weighted by atomic mass is 9.89. The third kappa shape index (κ3) is 2.54. The molecular formula is C19H21N5O2S. The molecule has 0 N–H and O–H groups in total. The van der Waals surface area contributed by atoms with E-state index in [-0.39, 0.29) is 23.7 Å². The summed E-state index contributed by atoms with van der Waals surface area (Å²) in [4.78, 5) is 29.8. The Balaban J connectivity index is 1.60. The number of ether oxygens (including phenoxy) is 1. The number of thiophene rings is 1. The van der Waals surface area contributed by atoms with Crippen molar-refractivity contribution >= 4 is 43.4 Å². The van der Waals surface area contributed by atoms with Gasteiger partial charge in [-0.15, -0.1) is 11.3 Å². The first kappa shape index (κ1) is 16.7. The Kier molecular flexibility index (Phi) is 3.72. The van der Waals surface area contributed by atoms with Crippen LogP contribution in [0.4, 0.5) is 5.69 Å². The molecule has 3 unspecified atom stereocenters. The first-order valence-electron chi connectivity index (χ1n) is 9.19. The average Bonchev–Trinajstić information content (AvgIpc) is 3.21. The van der Waals surface area contributed by atoms with Crippen molar-refractivity contribution in [1.29, 1.82) is 0 Å². The molecule has 0 aromatic carbocycles. The summed E-state index contributed by atoms with van der Waals surface area (Å²) in [6, 6.07) is 2.30. The molecule has 5 rings (SSSR count). The Bertz CT molecular complexity index is 1130. The van der Waals surface area contributed by atoms with Gasteiger partial charge in [-0.05, 0) is 18.9 Å². The maximum absolute atomic E-state index is 13.3. The van der Waals surface area contributed by atoms with E-state index in [0.717, 1.165) is 46.6 Å². The maximum atomic E-state index is 13.3. The summed E-state index contributed by atoms with van der Waals surface area (Å²) in [7, 11) is 3.98. The van der Waals surface area contributed by atoms with Crippen molar-refractivity contribution in [2.24, 2.45) is 4.99 Å². The molecule has 3 atom stereocenters. The third-order valence-electron chi connectivity index (χ3n) is 5.56. The summed E-state index contributed by atoms with van der Waals surface area (Å²) in [5.74, 6) is 0.762. The summed E-state index contributed by atoms with van der Waals surface area (Å²) in [6.07, 6.45) is 6.22. The van der Waals surface area contributed by atoms with Crippen LogP contribution in [0.3, 0.4) is 0 Å². The molecule has 4 heterocycles. The molecule has 2 aliphatic rings. The Morgan fingerprint density at radius 1 is 1.30 bits per heavy atom. The predicted octanol–water partition coefficient (Wildman–Crippen LogP) is 2.98. The van der Waals surface area contributed by atoms with Gasteiger partial charge < -0.3 is 9.64 Å². The molecule has 140 valence electrons. The van der Waals surface area contributed by atoms with Gasteiger partial charge in [0.1, 0.15) is 15.6 Å². The monoisotopic (exact) mass is 383 g/mol. The van der Waals surface area contributed by atoms with Gasteiger partial charge in [0.2, 0.25) is 0 Å². The lowest BCUT2D eigenvalue weighted by molar-refractivity contribution is 0.121. The molecule has 1 fully saturated rings. The number of nitrogens with zero attached hydrogens (tertiary/aromatic N) is 5. The molecule has 3 aromatic rings. The molecular weight excluding hydrogens is 362 g/mol. The largest absolute Gasteiger partial charge is 0.476 e. The van der Waals surface area contributed by atoms with Crippen LogP contribution in [0.5, 0.6) is 0 Å². The minimum absolute atomic E-state index is 0.0202. The first-order valence-corrected chi connectivity index (χ1v) is 10.0. The standard InChI is InChI=1S/C19H21N5O2S/c1-10-22-12-5-4-11(8-14(12)26-10)24-9-21-16-15-13(23(2)3)6-7-20-18(15)27-17(16)19(24)25/h6-7,9,11-12,14H,4-5,8H2,1-3H3. The Hall–Kier alpha value is -2.48. The lowest BCUT2D eigenvalue weighted by Crippen LogP contribution is -2.35. The van der Waals surface area contributed by atoms with Crippen molar-refractivity contribution < 1.29 is 4.74 Å². The fourth-order valence-corrected chi connectivity index (χ4v) is 5.34. The second-order valence-corrected chi connectivity index (χ2v) is 8.48. The molecule has 1 aliphatic heterocycles. The normalized spacial score (nSPS) is 24.7.